The molecule has 2 amide bonds. The molecule has 2 bridgehead atoms. The van der Waals surface area contributed by atoms with Gasteiger partial charge in [-0.1, -0.05) is 12.1 Å². The summed E-state index contributed by atoms with van der Waals surface area (Å²) >= 11 is 0. The first kappa shape index (κ1) is 17.8. The Morgan fingerprint density at radius 1 is 0.966 bits per heavy atom. The molecular formula is C22H20N2O5. The number of nitrogens with zero attached hydrogens (tertiary/aromatic N) is 2. The van der Waals surface area contributed by atoms with Gasteiger partial charge in [0.15, 0.2) is 0 Å². The van der Waals surface area contributed by atoms with Crippen molar-refractivity contribution in [3.63, 3.8) is 0 Å². The highest BCUT2D eigenvalue weighted by Gasteiger charge is 2.64. The number of benzene rings is 2. The first-order valence-electron chi connectivity index (χ1n) is 9.76. The molecule has 7 heteroatoms. The van der Waals surface area contributed by atoms with Crippen LogP contribution in [0.5, 0.6) is 5.75 Å². The molecule has 1 heterocycles. The van der Waals surface area contributed by atoms with Crippen molar-refractivity contribution in [3.8, 4) is 5.75 Å². The predicted molar refractivity (Wildman–Crippen MR) is 105 cm³/mol. The van der Waals surface area contributed by atoms with Gasteiger partial charge in [0.2, 0.25) is 11.8 Å². The second-order valence-electron chi connectivity index (χ2n) is 8.11. The molecule has 3 fully saturated rings. The van der Waals surface area contributed by atoms with Crippen molar-refractivity contribution >= 4 is 23.2 Å². The number of nitro groups is 1. The first-order chi connectivity index (χ1) is 14.0. The van der Waals surface area contributed by atoms with Crippen molar-refractivity contribution in [2.45, 2.75) is 18.8 Å². The highest BCUT2D eigenvalue weighted by molar-refractivity contribution is 6.22. The van der Waals surface area contributed by atoms with E-state index < -0.39 is 4.92 Å². The molecule has 0 N–H and O–H groups in total. The van der Waals surface area contributed by atoms with Crippen LogP contribution < -0.4 is 9.64 Å². The third kappa shape index (κ3) is 2.57. The Morgan fingerprint density at radius 3 is 2.24 bits per heavy atom. The van der Waals surface area contributed by atoms with Crippen LogP contribution in [0.15, 0.2) is 48.5 Å². The maximum Gasteiger partial charge on any atom is 0.269 e. The molecule has 2 aliphatic carbocycles. The summed E-state index contributed by atoms with van der Waals surface area (Å²) in [7, 11) is 1.57. The molecule has 0 aromatic heterocycles. The number of anilines is 1. The lowest BCUT2D eigenvalue weighted by atomic mass is 9.73. The molecule has 1 aliphatic heterocycles. The fraction of sp³-hybridized carbons (Fsp3) is 0.364. The Kier molecular flexibility index (Phi) is 3.94. The number of carbonyl (C=O) groups is 2. The quantitative estimate of drug-likeness (QED) is 0.451. The fourth-order valence-corrected chi connectivity index (χ4v) is 5.67. The van der Waals surface area contributed by atoms with Gasteiger partial charge in [-0.25, -0.2) is 0 Å². The van der Waals surface area contributed by atoms with Gasteiger partial charge in [-0.05, 0) is 60.4 Å². The summed E-state index contributed by atoms with van der Waals surface area (Å²) in [5.74, 6) is 0.355. The zero-order chi connectivity index (χ0) is 20.3. The molecule has 7 nitrogen and oxygen atoms in total. The van der Waals surface area contributed by atoms with Crippen LogP contribution in [0.3, 0.4) is 0 Å². The number of rotatable bonds is 4. The Labute approximate surface area is 167 Å². The highest BCUT2D eigenvalue weighted by Crippen LogP contribution is 2.62. The van der Waals surface area contributed by atoms with Gasteiger partial charge in [0.1, 0.15) is 5.75 Å². The summed E-state index contributed by atoms with van der Waals surface area (Å²) in [6, 6.07) is 13.6. The number of imide groups is 1. The van der Waals surface area contributed by atoms with E-state index in [-0.39, 0.29) is 47.1 Å². The molecule has 5 atom stereocenters. The van der Waals surface area contributed by atoms with Gasteiger partial charge < -0.3 is 4.74 Å². The standard InChI is InChI=1S/C22H20N2O5/c1-29-16-8-6-14(7-9-16)23-21(25)19-13-10-17(18(11-13)20(19)22(23)26)12-2-4-15(5-3-12)24(27)28/h2-9,13,17-20H,10-11H2,1H3/t13-,17+,18-,19-,20+/m1/s1. The minimum Gasteiger partial charge on any atom is -0.497 e. The molecule has 1 saturated heterocycles. The molecule has 2 aromatic carbocycles. The maximum absolute atomic E-state index is 13.2. The summed E-state index contributed by atoms with van der Waals surface area (Å²) in [6.07, 6.45) is 1.71. The Bertz CT molecular complexity index is 1000. The molecule has 3 aliphatic rings. The average Bonchev–Trinajstić information content (AvgIpc) is 3.40. The van der Waals surface area contributed by atoms with Crippen molar-refractivity contribution in [2.24, 2.45) is 23.7 Å². The Balaban J connectivity index is 1.42. The molecule has 0 spiro atoms. The number of methoxy groups -OCH3 is 1. The van der Waals surface area contributed by atoms with E-state index in [1.165, 1.54) is 17.0 Å². The lowest BCUT2D eigenvalue weighted by Crippen LogP contribution is -2.32. The van der Waals surface area contributed by atoms with Gasteiger partial charge >= 0.3 is 0 Å². The van der Waals surface area contributed by atoms with Gasteiger partial charge in [0.25, 0.3) is 5.69 Å². The summed E-state index contributed by atoms with van der Waals surface area (Å²) in [4.78, 5) is 38.2. The van der Waals surface area contributed by atoms with E-state index in [1.54, 1.807) is 43.5 Å². The van der Waals surface area contributed by atoms with E-state index >= 15 is 0 Å². The lowest BCUT2D eigenvalue weighted by Gasteiger charge is -2.28. The average molecular weight is 392 g/mol. The summed E-state index contributed by atoms with van der Waals surface area (Å²) in [5.41, 5.74) is 1.67. The van der Waals surface area contributed by atoms with Crippen LogP contribution in [0.1, 0.15) is 24.3 Å². The van der Waals surface area contributed by atoms with Crippen molar-refractivity contribution in [3.05, 3.63) is 64.2 Å². The lowest BCUT2D eigenvalue weighted by molar-refractivity contribution is -0.384. The Morgan fingerprint density at radius 2 is 1.62 bits per heavy atom. The number of non-ortho nitro benzene ring substituents is 1. The third-order valence-corrected chi connectivity index (χ3v) is 6.88. The van der Waals surface area contributed by atoms with Gasteiger partial charge in [-0.2, -0.15) is 0 Å². The predicted octanol–water partition coefficient (Wildman–Crippen LogP) is 3.53. The fourth-order valence-electron chi connectivity index (χ4n) is 5.67. The van der Waals surface area contributed by atoms with Gasteiger partial charge in [-0.3, -0.25) is 24.6 Å². The van der Waals surface area contributed by atoms with Crippen molar-refractivity contribution in [1.29, 1.82) is 0 Å². The SMILES string of the molecule is COc1ccc(N2C(=O)[C@@H]3[C@H]4C[C@@H]([C@@H]3C2=O)[C@H](c2ccc([N+](=O)[O-])cc2)C4)cc1. The van der Waals surface area contributed by atoms with Crippen LogP contribution in [-0.2, 0) is 9.59 Å². The minimum absolute atomic E-state index is 0.0626. The highest BCUT2D eigenvalue weighted by atomic mass is 16.6. The van der Waals surface area contributed by atoms with Crippen molar-refractivity contribution in [2.75, 3.05) is 12.0 Å². The number of hydrogen-bond donors (Lipinski definition) is 0. The molecular weight excluding hydrogens is 372 g/mol. The molecule has 148 valence electrons. The van der Waals surface area contributed by atoms with E-state index in [2.05, 4.69) is 0 Å². The van der Waals surface area contributed by atoms with Gasteiger partial charge in [0, 0.05) is 12.1 Å². The number of carbonyl (C=O) groups excluding carboxylic acids is 2. The summed E-state index contributed by atoms with van der Waals surface area (Å²) < 4.78 is 5.16. The van der Waals surface area contributed by atoms with E-state index in [0.717, 1.165) is 18.4 Å². The zero-order valence-electron chi connectivity index (χ0n) is 15.9. The molecule has 2 saturated carbocycles. The third-order valence-electron chi connectivity index (χ3n) is 6.88. The largest absolute Gasteiger partial charge is 0.497 e. The van der Waals surface area contributed by atoms with E-state index in [0.29, 0.717) is 11.4 Å². The molecule has 29 heavy (non-hydrogen) atoms. The van der Waals surface area contributed by atoms with Crippen LogP contribution in [0, 0.1) is 33.8 Å². The first-order valence-corrected chi connectivity index (χ1v) is 9.76. The van der Waals surface area contributed by atoms with E-state index in [4.69, 9.17) is 4.74 Å². The second-order valence-corrected chi connectivity index (χ2v) is 8.11. The number of amides is 2. The van der Waals surface area contributed by atoms with Crippen LogP contribution >= 0.6 is 0 Å². The van der Waals surface area contributed by atoms with Crippen LogP contribution in [-0.4, -0.2) is 23.8 Å². The number of fused-ring (bicyclic) bond motifs is 5. The van der Waals surface area contributed by atoms with Crippen LogP contribution in [0.2, 0.25) is 0 Å². The summed E-state index contributed by atoms with van der Waals surface area (Å²) in [6.45, 7) is 0. The van der Waals surface area contributed by atoms with Crippen molar-refractivity contribution < 1.29 is 19.2 Å². The van der Waals surface area contributed by atoms with Crippen molar-refractivity contribution in [1.82, 2.24) is 0 Å². The number of ether oxygens (including phenoxy) is 1. The number of nitro benzene ring substituents is 1. The Hall–Kier alpha value is -3.22. The smallest absolute Gasteiger partial charge is 0.269 e. The van der Waals surface area contributed by atoms with Crippen LogP contribution in [0.25, 0.3) is 0 Å². The minimum atomic E-state index is -0.410. The van der Waals surface area contributed by atoms with Crippen LogP contribution in [0.4, 0.5) is 11.4 Å². The zero-order valence-corrected chi connectivity index (χ0v) is 15.9. The molecule has 5 rings (SSSR count). The topological polar surface area (TPSA) is 89.8 Å². The number of hydrogen-bond acceptors (Lipinski definition) is 5. The van der Waals surface area contributed by atoms with Gasteiger partial charge in [0.05, 0.1) is 29.6 Å². The summed E-state index contributed by atoms with van der Waals surface area (Å²) in [5, 5.41) is 10.9. The van der Waals surface area contributed by atoms with Gasteiger partial charge in [-0.15, -0.1) is 0 Å². The second kappa shape index (κ2) is 6.40. The monoisotopic (exact) mass is 392 g/mol. The normalized spacial score (nSPS) is 30.0. The molecule has 0 radical (unpaired) electrons. The maximum atomic E-state index is 13.2. The van der Waals surface area contributed by atoms with E-state index in [9.17, 15) is 19.7 Å². The van der Waals surface area contributed by atoms with E-state index in [1.807, 2.05) is 0 Å². The molecule has 0 unspecified atom stereocenters. The molecule has 2 aromatic rings.